The highest BCUT2D eigenvalue weighted by molar-refractivity contribution is 7.26. The summed E-state index contributed by atoms with van der Waals surface area (Å²) in [6.07, 6.45) is 0. The Kier molecular flexibility index (Phi) is 4.39. The molecule has 0 amide bonds. The second-order valence-corrected chi connectivity index (χ2v) is 12.4. The number of nitrogens with zero attached hydrogens (tertiary/aromatic N) is 1. The summed E-state index contributed by atoms with van der Waals surface area (Å²) in [5, 5.41) is 8.23. The zero-order valence-electron chi connectivity index (χ0n) is 22.6. The Hall–Kier alpha value is -5.18. The molecule has 194 valence electrons. The van der Waals surface area contributed by atoms with Gasteiger partial charge < -0.3 is 4.57 Å². The predicted octanol–water partition coefficient (Wildman–Crippen LogP) is 11.6. The fraction of sp³-hybridized carbons (Fsp3) is 0. The van der Waals surface area contributed by atoms with Crippen molar-refractivity contribution in [2.45, 2.75) is 0 Å². The first-order valence-corrected chi connectivity index (χ1v) is 15.3. The molecule has 0 bridgehead atoms. The second-order valence-electron chi connectivity index (χ2n) is 11.3. The van der Waals surface area contributed by atoms with Gasteiger partial charge >= 0.3 is 0 Å². The molecule has 2 heterocycles. The second kappa shape index (κ2) is 8.19. The van der Waals surface area contributed by atoms with Crippen LogP contribution in [0.3, 0.4) is 0 Å². The standard InChI is InChI=1S/C40H23NS/c1-3-9-24(10-4-1)27-21-28(25-11-5-2-6-12-25)23-29(22-27)41-32-15-7-13-30-31-14-8-16-34-38(31)40-35(42-34)20-18-26-17-19-33(41)39(36(26)40)37(30)32/h1-23H. The zero-order chi connectivity index (χ0) is 27.4. The van der Waals surface area contributed by atoms with Gasteiger partial charge in [-0.15, -0.1) is 11.3 Å². The van der Waals surface area contributed by atoms with Crippen molar-refractivity contribution in [2.24, 2.45) is 0 Å². The first-order valence-electron chi connectivity index (χ1n) is 14.4. The van der Waals surface area contributed by atoms with E-state index in [-0.39, 0.29) is 0 Å². The van der Waals surface area contributed by atoms with Gasteiger partial charge in [-0.2, -0.15) is 0 Å². The summed E-state index contributed by atoms with van der Waals surface area (Å²) >= 11 is 1.91. The predicted molar refractivity (Wildman–Crippen MR) is 181 cm³/mol. The fourth-order valence-electron chi connectivity index (χ4n) is 7.33. The SMILES string of the molecule is c1ccc(-c2cc(-c3ccccc3)cc(-n3c4cccc5c4c4c6c(ccc7sc8cccc-5c8c76)ccc43)c2)cc1. The molecule has 1 nitrogen and oxygen atoms in total. The van der Waals surface area contributed by atoms with Crippen molar-refractivity contribution in [1.29, 1.82) is 0 Å². The summed E-state index contributed by atoms with van der Waals surface area (Å²) in [4.78, 5) is 0. The van der Waals surface area contributed by atoms with Crippen LogP contribution in [-0.2, 0) is 0 Å². The van der Waals surface area contributed by atoms with Crippen LogP contribution in [-0.4, -0.2) is 4.57 Å². The smallest absolute Gasteiger partial charge is 0.0548 e. The quantitative estimate of drug-likeness (QED) is 0.207. The van der Waals surface area contributed by atoms with Crippen LogP contribution in [0.5, 0.6) is 0 Å². The first-order chi connectivity index (χ1) is 20.8. The number of fused-ring (bicyclic) bond motifs is 1. The average molecular weight is 550 g/mol. The lowest BCUT2D eigenvalue weighted by Crippen LogP contribution is -1.96. The molecule has 0 fully saturated rings. The van der Waals surface area contributed by atoms with Crippen molar-refractivity contribution in [3.05, 3.63) is 140 Å². The third kappa shape index (κ3) is 2.92. The summed E-state index contributed by atoms with van der Waals surface area (Å²) in [5.74, 6) is 0. The highest BCUT2D eigenvalue weighted by Crippen LogP contribution is 2.52. The zero-order valence-corrected chi connectivity index (χ0v) is 23.5. The van der Waals surface area contributed by atoms with Gasteiger partial charge in [0.15, 0.2) is 0 Å². The highest BCUT2D eigenvalue weighted by atomic mass is 32.1. The minimum absolute atomic E-state index is 1.18. The van der Waals surface area contributed by atoms with Gasteiger partial charge in [0.25, 0.3) is 0 Å². The molecule has 1 aliphatic rings. The van der Waals surface area contributed by atoms with Gasteiger partial charge in [-0.1, -0.05) is 97.1 Å². The molecular weight excluding hydrogens is 527 g/mol. The lowest BCUT2D eigenvalue weighted by Gasteiger charge is -2.15. The van der Waals surface area contributed by atoms with Gasteiger partial charge in [-0.05, 0) is 81.2 Å². The third-order valence-electron chi connectivity index (χ3n) is 9.08. The van der Waals surface area contributed by atoms with Crippen LogP contribution < -0.4 is 0 Å². The maximum Gasteiger partial charge on any atom is 0.0548 e. The molecule has 0 unspecified atom stereocenters. The summed E-state index contributed by atoms with van der Waals surface area (Å²) in [7, 11) is 0. The normalized spacial score (nSPS) is 12.3. The number of benzene rings is 7. The lowest BCUT2D eigenvalue weighted by atomic mass is 9.97. The van der Waals surface area contributed by atoms with Crippen LogP contribution in [0.4, 0.5) is 0 Å². The number of aromatic nitrogens is 1. The molecule has 2 heteroatoms. The Morgan fingerprint density at radius 2 is 1.00 bits per heavy atom. The topological polar surface area (TPSA) is 4.93 Å². The summed E-state index contributed by atoms with van der Waals surface area (Å²) in [6, 6.07) is 51.5. The molecule has 10 rings (SSSR count). The van der Waals surface area contributed by atoms with E-state index in [9.17, 15) is 0 Å². The van der Waals surface area contributed by atoms with E-state index < -0.39 is 0 Å². The molecule has 0 atom stereocenters. The van der Waals surface area contributed by atoms with Crippen molar-refractivity contribution in [1.82, 2.24) is 4.57 Å². The Labute approximate surface area is 246 Å². The van der Waals surface area contributed by atoms with E-state index in [0.717, 1.165) is 0 Å². The van der Waals surface area contributed by atoms with Gasteiger partial charge in [0.05, 0.1) is 11.0 Å². The van der Waals surface area contributed by atoms with Gasteiger partial charge in [-0.3, -0.25) is 0 Å². The third-order valence-corrected chi connectivity index (χ3v) is 10.2. The molecule has 0 saturated heterocycles. The Bertz CT molecular complexity index is 2490. The molecule has 42 heavy (non-hydrogen) atoms. The fourth-order valence-corrected chi connectivity index (χ4v) is 8.47. The van der Waals surface area contributed by atoms with Crippen molar-refractivity contribution in [3.63, 3.8) is 0 Å². The van der Waals surface area contributed by atoms with Crippen molar-refractivity contribution < 1.29 is 0 Å². The first kappa shape index (κ1) is 22.5. The Morgan fingerprint density at radius 1 is 0.381 bits per heavy atom. The van der Waals surface area contributed by atoms with Crippen molar-refractivity contribution in [3.8, 4) is 39.1 Å². The largest absolute Gasteiger partial charge is 0.309 e. The molecule has 2 aromatic heterocycles. The van der Waals surface area contributed by atoms with Crippen LogP contribution in [0.15, 0.2) is 140 Å². The number of hydrogen-bond donors (Lipinski definition) is 0. The summed E-state index contributed by atoms with van der Waals surface area (Å²) in [6.45, 7) is 0. The van der Waals surface area contributed by atoms with E-state index in [4.69, 9.17) is 0 Å². The van der Waals surface area contributed by atoms with E-state index in [1.165, 1.54) is 91.8 Å². The van der Waals surface area contributed by atoms with Gasteiger partial charge in [0.1, 0.15) is 0 Å². The van der Waals surface area contributed by atoms with E-state index in [2.05, 4.69) is 144 Å². The maximum atomic E-state index is 2.50. The van der Waals surface area contributed by atoms with Crippen LogP contribution >= 0.6 is 11.3 Å². The van der Waals surface area contributed by atoms with Gasteiger partial charge in [0, 0.05) is 42.0 Å². The van der Waals surface area contributed by atoms with E-state index in [1.54, 1.807) is 0 Å². The van der Waals surface area contributed by atoms with Crippen molar-refractivity contribution in [2.75, 3.05) is 0 Å². The highest BCUT2D eigenvalue weighted by Gasteiger charge is 2.25. The van der Waals surface area contributed by atoms with Gasteiger partial charge in [-0.25, -0.2) is 0 Å². The molecule has 0 aliphatic heterocycles. The lowest BCUT2D eigenvalue weighted by molar-refractivity contribution is 1.18. The number of thiophene rings is 1. The summed E-state index contributed by atoms with van der Waals surface area (Å²) in [5.41, 5.74) is 11.3. The van der Waals surface area contributed by atoms with E-state index >= 15 is 0 Å². The molecule has 1 aliphatic carbocycles. The van der Waals surface area contributed by atoms with E-state index in [0.29, 0.717) is 0 Å². The molecule has 7 aromatic carbocycles. The maximum absolute atomic E-state index is 2.50. The molecule has 0 saturated carbocycles. The molecule has 0 spiro atoms. The molecular formula is C40H23NS. The molecule has 9 aromatic rings. The molecule has 0 N–H and O–H groups in total. The average Bonchev–Trinajstić information content (AvgIpc) is 3.57. The minimum Gasteiger partial charge on any atom is -0.309 e. The Balaban J connectivity index is 1.40. The van der Waals surface area contributed by atoms with Crippen LogP contribution in [0.2, 0.25) is 0 Å². The minimum atomic E-state index is 1.18. The Morgan fingerprint density at radius 3 is 1.74 bits per heavy atom. The molecule has 0 radical (unpaired) electrons. The van der Waals surface area contributed by atoms with E-state index in [1.807, 2.05) is 11.3 Å². The van der Waals surface area contributed by atoms with Crippen LogP contribution in [0.25, 0.3) is 91.8 Å². The van der Waals surface area contributed by atoms with Crippen LogP contribution in [0.1, 0.15) is 0 Å². The van der Waals surface area contributed by atoms with Crippen molar-refractivity contribution >= 4 is 64.1 Å². The number of hydrogen-bond acceptors (Lipinski definition) is 1. The number of rotatable bonds is 3. The summed E-state index contributed by atoms with van der Waals surface area (Å²) < 4.78 is 5.23. The van der Waals surface area contributed by atoms with Gasteiger partial charge in [0.2, 0.25) is 0 Å². The monoisotopic (exact) mass is 549 g/mol. The van der Waals surface area contributed by atoms with Crippen LogP contribution in [0, 0.1) is 0 Å².